The van der Waals surface area contributed by atoms with Crippen LogP contribution in [0.15, 0.2) is 30.5 Å². The third-order valence-corrected chi connectivity index (χ3v) is 4.34. The number of hydrogen-bond acceptors (Lipinski definition) is 2. The predicted octanol–water partition coefficient (Wildman–Crippen LogP) is 3.82. The predicted molar refractivity (Wildman–Crippen MR) is 81.2 cm³/mol. The van der Waals surface area contributed by atoms with Crippen molar-refractivity contribution in [1.29, 1.82) is 0 Å². The topological polar surface area (TPSA) is 21.1 Å². The summed E-state index contributed by atoms with van der Waals surface area (Å²) in [5.41, 5.74) is 1.43. The van der Waals surface area contributed by atoms with Gasteiger partial charge in [-0.2, -0.15) is 5.10 Å². The molecule has 3 rings (SSSR count). The molecule has 2 aromatic rings. The Balaban J connectivity index is 1.86. The van der Waals surface area contributed by atoms with Gasteiger partial charge in [0.25, 0.3) is 0 Å². The van der Waals surface area contributed by atoms with E-state index in [1.165, 1.54) is 6.42 Å². The van der Waals surface area contributed by atoms with Gasteiger partial charge in [-0.25, -0.2) is 8.78 Å². The maximum atomic E-state index is 14.0. The van der Waals surface area contributed by atoms with Crippen molar-refractivity contribution in [2.45, 2.75) is 38.3 Å². The molecule has 1 aliphatic rings. The first kappa shape index (κ1) is 15.2. The second kappa shape index (κ2) is 6.57. The van der Waals surface area contributed by atoms with E-state index in [4.69, 9.17) is 0 Å². The Morgan fingerprint density at radius 3 is 2.82 bits per heavy atom. The van der Waals surface area contributed by atoms with Crippen molar-refractivity contribution >= 4 is 0 Å². The van der Waals surface area contributed by atoms with Gasteiger partial charge in [-0.15, -0.1) is 0 Å². The fourth-order valence-corrected chi connectivity index (χ4v) is 3.19. The summed E-state index contributed by atoms with van der Waals surface area (Å²) in [6.07, 6.45) is 6.34. The van der Waals surface area contributed by atoms with E-state index >= 15 is 0 Å². The molecule has 1 aromatic heterocycles. The molecule has 3 nitrogen and oxygen atoms in total. The maximum Gasteiger partial charge on any atom is 0.163 e. The van der Waals surface area contributed by atoms with Crippen LogP contribution in [0, 0.1) is 11.6 Å². The molecule has 22 heavy (non-hydrogen) atoms. The Morgan fingerprint density at radius 2 is 2.05 bits per heavy atom. The third-order valence-electron chi connectivity index (χ3n) is 4.34. The number of aromatic nitrogens is 2. The molecule has 2 heterocycles. The number of nitrogens with zero attached hydrogens (tertiary/aromatic N) is 3. The number of likely N-dealkylation sites (tertiary alicyclic amines) is 1. The van der Waals surface area contributed by atoms with E-state index in [0.717, 1.165) is 37.6 Å². The molecule has 5 heteroatoms. The molecule has 1 aliphatic heterocycles. The Kier molecular flexibility index (Phi) is 4.52. The first-order chi connectivity index (χ1) is 10.6. The zero-order valence-electron chi connectivity index (χ0n) is 12.8. The Bertz CT molecular complexity index is 639. The van der Waals surface area contributed by atoms with Gasteiger partial charge in [0, 0.05) is 25.4 Å². The van der Waals surface area contributed by atoms with Gasteiger partial charge in [-0.05, 0) is 31.5 Å². The lowest BCUT2D eigenvalue weighted by atomic mass is 10.1. The lowest BCUT2D eigenvalue weighted by Crippen LogP contribution is -2.29. The summed E-state index contributed by atoms with van der Waals surface area (Å²) >= 11 is 0. The highest BCUT2D eigenvalue weighted by atomic mass is 19.2. The number of hydrogen-bond donors (Lipinski definition) is 0. The van der Waals surface area contributed by atoms with Crippen molar-refractivity contribution in [2.75, 3.05) is 6.54 Å². The van der Waals surface area contributed by atoms with E-state index in [1.54, 1.807) is 16.8 Å². The number of aryl methyl sites for hydroxylation is 1. The summed E-state index contributed by atoms with van der Waals surface area (Å²) in [4.78, 5) is 2.23. The average Bonchev–Trinajstić information content (AvgIpc) is 2.79. The molecule has 0 bridgehead atoms. The third kappa shape index (κ3) is 3.19. The van der Waals surface area contributed by atoms with Crippen molar-refractivity contribution in [3.8, 4) is 0 Å². The monoisotopic (exact) mass is 305 g/mol. The lowest BCUT2D eigenvalue weighted by molar-refractivity contribution is 0.185. The zero-order chi connectivity index (χ0) is 15.5. The maximum absolute atomic E-state index is 14.0. The summed E-state index contributed by atoms with van der Waals surface area (Å²) in [6.45, 7) is 1.31. The molecule has 0 saturated carbocycles. The molecule has 1 saturated heterocycles. The number of benzene rings is 1. The average molecular weight is 305 g/mol. The van der Waals surface area contributed by atoms with Crippen LogP contribution in [-0.2, 0) is 13.6 Å². The number of rotatable bonds is 3. The van der Waals surface area contributed by atoms with E-state index in [2.05, 4.69) is 10.00 Å². The molecule has 1 fully saturated rings. The van der Waals surface area contributed by atoms with E-state index in [9.17, 15) is 8.78 Å². The van der Waals surface area contributed by atoms with Gasteiger partial charge >= 0.3 is 0 Å². The molecule has 0 aliphatic carbocycles. The summed E-state index contributed by atoms with van der Waals surface area (Å²) in [6, 6.07) is 6.59. The second-order valence-electron chi connectivity index (χ2n) is 5.96. The lowest BCUT2D eigenvalue weighted by Gasteiger charge is -2.29. The summed E-state index contributed by atoms with van der Waals surface area (Å²) < 4.78 is 29.2. The highest BCUT2D eigenvalue weighted by Crippen LogP contribution is 2.31. The first-order valence-electron chi connectivity index (χ1n) is 7.81. The van der Waals surface area contributed by atoms with Crippen LogP contribution in [0.4, 0.5) is 8.78 Å². The van der Waals surface area contributed by atoms with Crippen LogP contribution in [0.5, 0.6) is 0 Å². The largest absolute Gasteiger partial charge is 0.290 e. The molecule has 0 spiro atoms. The van der Waals surface area contributed by atoms with Gasteiger partial charge in [-0.3, -0.25) is 9.58 Å². The van der Waals surface area contributed by atoms with Crippen LogP contribution in [0.25, 0.3) is 0 Å². The van der Waals surface area contributed by atoms with Gasteiger partial charge in [0.1, 0.15) is 0 Å². The molecular formula is C17H21F2N3. The van der Waals surface area contributed by atoms with E-state index in [0.29, 0.717) is 12.1 Å². The van der Waals surface area contributed by atoms with Crippen molar-refractivity contribution < 1.29 is 8.78 Å². The minimum Gasteiger partial charge on any atom is -0.290 e. The Morgan fingerprint density at radius 1 is 1.18 bits per heavy atom. The quantitative estimate of drug-likeness (QED) is 0.859. The van der Waals surface area contributed by atoms with Crippen LogP contribution < -0.4 is 0 Å². The van der Waals surface area contributed by atoms with Crippen LogP contribution in [0.1, 0.15) is 43.0 Å². The van der Waals surface area contributed by atoms with E-state index < -0.39 is 11.6 Å². The normalized spacial score (nSPS) is 20.0. The molecule has 0 unspecified atom stereocenters. The Hall–Kier alpha value is -1.75. The summed E-state index contributed by atoms with van der Waals surface area (Å²) in [7, 11) is 1.90. The molecule has 0 amide bonds. The molecule has 1 aromatic carbocycles. The van der Waals surface area contributed by atoms with Crippen LogP contribution in [0.3, 0.4) is 0 Å². The zero-order valence-corrected chi connectivity index (χ0v) is 12.8. The van der Waals surface area contributed by atoms with Crippen molar-refractivity contribution in [3.05, 3.63) is 53.4 Å². The minimum absolute atomic E-state index is 0.173. The van der Waals surface area contributed by atoms with Crippen molar-refractivity contribution in [2.24, 2.45) is 7.05 Å². The van der Waals surface area contributed by atoms with Crippen molar-refractivity contribution in [1.82, 2.24) is 14.7 Å². The molecular weight excluding hydrogens is 284 g/mol. The fourth-order valence-electron chi connectivity index (χ4n) is 3.19. The fraction of sp³-hybridized carbons (Fsp3) is 0.471. The van der Waals surface area contributed by atoms with E-state index in [1.807, 2.05) is 19.3 Å². The molecule has 118 valence electrons. The van der Waals surface area contributed by atoms with Crippen LogP contribution in [-0.4, -0.2) is 21.2 Å². The van der Waals surface area contributed by atoms with Gasteiger partial charge in [0.15, 0.2) is 11.6 Å². The molecule has 0 radical (unpaired) electrons. The van der Waals surface area contributed by atoms with Crippen LogP contribution in [0.2, 0.25) is 0 Å². The standard InChI is InChI=1S/C17H21F2N3/c1-21-11-9-15(20-21)16-8-3-2-4-10-22(16)12-13-6-5-7-14(18)17(13)19/h5-7,9,11,16H,2-4,8,10,12H2,1H3/t16-/m1/s1. The smallest absolute Gasteiger partial charge is 0.163 e. The highest BCUT2D eigenvalue weighted by Gasteiger charge is 2.25. The highest BCUT2D eigenvalue weighted by molar-refractivity contribution is 5.19. The molecule has 0 N–H and O–H groups in total. The minimum atomic E-state index is -0.776. The first-order valence-corrected chi connectivity index (χ1v) is 7.81. The van der Waals surface area contributed by atoms with E-state index in [-0.39, 0.29) is 6.04 Å². The van der Waals surface area contributed by atoms with Gasteiger partial charge < -0.3 is 0 Å². The summed E-state index contributed by atoms with van der Waals surface area (Å²) in [5.74, 6) is -1.51. The second-order valence-corrected chi connectivity index (χ2v) is 5.96. The van der Waals surface area contributed by atoms with Crippen LogP contribution >= 0.6 is 0 Å². The van der Waals surface area contributed by atoms with Gasteiger partial charge in [-0.1, -0.05) is 25.0 Å². The number of halogens is 2. The molecule has 1 atom stereocenters. The van der Waals surface area contributed by atoms with Gasteiger partial charge in [0.2, 0.25) is 0 Å². The Labute approximate surface area is 129 Å². The SMILES string of the molecule is Cn1ccc([C@H]2CCCCCN2Cc2cccc(F)c2F)n1. The van der Waals surface area contributed by atoms with Gasteiger partial charge in [0.05, 0.1) is 11.7 Å². The summed E-state index contributed by atoms with van der Waals surface area (Å²) in [5, 5.41) is 4.52. The van der Waals surface area contributed by atoms with Crippen molar-refractivity contribution in [3.63, 3.8) is 0 Å².